The zero-order valence-corrected chi connectivity index (χ0v) is 23.1. The van der Waals surface area contributed by atoms with Crippen molar-refractivity contribution in [3.8, 4) is 17.1 Å². The number of thiazole rings is 1. The number of rotatable bonds is 9. The number of aromatic nitrogens is 4. The number of fused-ring (bicyclic) bond motifs is 2. The van der Waals surface area contributed by atoms with E-state index in [1.54, 1.807) is 46.2 Å². The highest BCUT2D eigenvalue weighted by Crippen LogP contribution is 2.28. The Morgan fingerprint density at radius 1 is 0.951 bits per heavy atom. The van der Waals surface area contributed by atoms with Crippen LogP contribution in [0.1, 0.15) is 32.9 Å². The minimum Gasteiger partial charge on any atom is -0.508 e. The number of pyridine rings is 1. The van der Waals surface area contributed by atoms with Crippen LogP contribution in [0.5, 0.6) is 5.75 Å². The zero-order chi connectivity index (χ0) is 28.5. The lowest BCUT2D eigenvalue weighted by Crippen LogP contribution is -2.21. The monoisotopic (exact) mass is 582 g/mol. The van der Waals surface area contributed by atoms with Gasteiger partial charge in [-0.15, -0.1) is 21.5 Å². The standard InChI is InChI=1S/C31H23ClN4O4S/c32-22-9-12-25-27(17-22)41-28(33-25)15-19-3-7-20(8-4-19)29-34-35-30-24(2-1-13-36(29)30)26(38)16-21(31(39)40)14-18-5-10-23(37)11-6-18/h1-13,17,21,37H,14-16H2,(H,39,40)/t21-/m0/s1. The maximum Gasteiger partial charge on any atom is 0.307 e. The number of aliphatic carboxylic acids is 1. The van der Waals surface area contributed by atoms with Crippen LogP contribution in [-0.2, 0) is 17.6 Å². The lowest BCUT2D eigenvalue weighted by Gasteiger charge is -2.12. The van der Waals surface area contributed by atoms with Crippen LogP contribution in [0.15, 0.2) is 85.1 Å². The normalized spacial score (nSPS) is 12.1. The number of benzene rings is 3. The molecule has 0 radical (unpaired) electrons. The molecule has 204 valence electrons. The molecule has 0 unspecified atom stereocenters. The summed E-state index contributed by atoms with van der Waals surface area (Å²) in [5, 5.41) is 29.6. The Morgan fingerprint density at radius 3 is 2.46 bits per heavy atom. The van der Waals surface area contributed by atoms with Gasteiger partial charge in [-0.05, 0) is 60.0 Å². The van der Waals surface area contributed by atoms with Gasteiger partial charge in [-0.25, -0.2) is 4.98 Å². The van der Waals surface area contributed by atoms with Crippen LogP contribution in [0.4, 0.5) is 0 Å². The van der Waals surface area contributed by atoms with Gasteiger partial charge in [0.05, 0.1) is 26.7 Å². The van der Waals surface area contributed by atoms with Crippen molar-refractivity contribution in [3.05, 3.63) is 112 Å². The second-order valence-electron chi connectivity index (χ2n) is 9.77. The molecule has 0 saturated heterocycles. The van der Waals surface area contributed by atoms with Gasteiger partial charge < -0.3 is 10.2 Å². The maximum absolute atomic E-state index is 13.3. The number of phenolic OH excluding ortho intramolecular Hbond substituents is 1. The van der Waals surface area contributed by atoms with Crippen LogP contribution in [0.3, 0.4) is 0 Å². The zero-order valence-electron chi connectivity index (χ0n) is 21.6. The summed E-state index contributed by atoms with van der Waals surface area (Å²) in [5.41, 5.74) is 4.27. The molecule has 0 saturated carbocycles. The number of halogens is 1. The van der Waals surface area contributed by atoms with Gasteiger partial charge in [0.2, 0.25) is 0 Å². The van der Waals surface area contributed by atoms with E-state index >= 15 is 0 Å². The fourth-order valence-electron chi connectivity index (χ4n) is 4.80. The van der Waals surface area contributed by atoms with Gasteiger partial charge in [-0.1, -0.05) is 48.0 Å². The highest BCUT2D eigenvalue weighted by atomic mass is 35.5. The third-order valence-corrected chi connectivity index (χ3v) is 8.15. The smallest absolute Gasteiger partial charge is 0.307 e. The lowest BCUT2D eigenvalue weighted by molar-refractivity contribution is -0.141. The van der Waals surface area contributed by atoms with E-state index in [1.807, 2.05) is 42.5 Å². The molecule has 1 atom stereocenters. The van der Waals surface area contributed by atoms with E-state index in [0.717, 1.165) is 31.9 Å². The highest BCUT2D eigenvalue weighted by molar-refractivity contribution is 7.18. The average Bonchev–Trinajstić information content (AvgIpc) is 3.57. The molecule has 41 heavy (non-hydrogen) atoms. The third-order valence-electron chi connectivity index (χ3n) is 6.90. The molecule has 6 rings (SSSR count). The number of hydrogen-bond acceptors (Lipinski definition) is 7. The molecule has 0 aliphatic carbocycles. The van der Waals surface area contributed by atoms with E-state index in [-0.39, 0.29) is 24.4 Å². The molecule has 6 aromatic rings. The molecular formula is C31H23ClN4O4S. The van der Waals surface area contributed by atoms with E-state index in [1.165, 1.54) is 12.1 Å². The first kappa shape index (κ1) is 26.6. The summed E-state index contributed by atoms with van der Waals surface area (Å²) in [6.45, 7) is 0. The molecular weight excluding hydrogens is 560 g/mol. The maximum atomic E-state index is 13.3. The van der Waals surface area contributed by atoms with Crippen LogP contribution in [0.2, 0.25) is 5.02 Å². The predicted octanol–water partition coefficient (Wildman–Crippen LogP) is 6.47. The Labute approximate surface area is 243 Å². The number of ketones is 1. The lowest BCUT2D eigenvalue weighted by atomic mass is 9.92. The molecule has 3 aromatic carbocycles. The van der Waals surface area contributed by atoms with Crippen LogP contribution < -0.4 is 0 Å². The molecule has 8 nitrogen and oxygen atoms in total. The summed E-state index contributed by atoms with van der Waals surface area (Å²) in [4.78, 5) is 29.9. The Morgan fingerprint density at radius 2 is 1.71 bits per heavy atom. The first-order valence-electron chi connectivity index (χ1n) is 12.9. The van der Waals surface area contributed by atoms with E-state index < -0.39 is 11.9 Å². The largest absolute Gasteiger partial charge is 0.508 e. The van der Waals surface area contributed by atoms with Crippen molar-refractivity contribution in [2.75, 3.05) is 0 Å². The van der Waals surface area contributed by atoms with Crippen molar-refractivity contribution in [1.29, 1.82) is 0 Å². The number of Topliss-reactive ketones (excluding diaryl/α,β-unsaturated/α-hetero) is 1. The predicted molar refractivity (Wildman–Crippen MR) is 158 cm³/mol. The molecule has 3 heterocycles. The minimum absolute atomic E-state index is 0.0968. The van der Waals surface area contributed by atoms with Crippen molar-refractivity contribution in [2.24, 2.45) is 5.92 Å². The van der Waals surface area contributed by atoms with Crippen molar-refractivity contribution in [1.82, 2.24) is 19.6 Å². The number of nitrogens with zero attached hydrogens (tertiary/aromatic N) is 4. The summed E-state index contributed by atoms with van der Waals surface area (Å²) in [7, 11) is 0. The summed E-state index contributed by atoms with van der Waals surface area (Å²) < 4.78 is 2.80. The quantitative estimate of drug-likeness (QED) is 0.187. The van der Waals surface area contributed by atoms with Crippen molar-refractivity contribution in [3.63, 3.8) is 0 Å². The van der Waals surface area contributed by atoms with Crippen molar-refractivity contribution in [2.45, 2.75) is 19.3 Å². The van der Waals surface area contributed by atoms with Crippen LogP contribution in [-0.4, -0.2) is 41.5 Å². The Kier molecular flexibility index (Phi) is 7.21. The van der Waals surface area contributed by atoms with Gasteiger partial charge in [0.15, 0.2) is 17.3 Å². The highest BCUT2D eigenvalue weighted by Gasteiger charge is 2.25. The summed E-state index contributed by atoms with van der Waals surface area (Å²) in [5.74, 6) is -1.63. The minimum atomic E-state index is -1.06. The molecule has 10 heteroatoms. The summed E-state index contributed by atoms with van der Waals surface area (Å²) >= 11 is 7.73. The van der Waals surface area contributed by atoms with Crippen LogP contribution in [0.25, 0.3) is 27.3 Å². The van der Waals surface area contributed by atoms with E-state index in [9.17, 15) is 19.8 Å². The van der Waals surface area contributed by atoms with Crippen LogP contribution >= 0.6 is 22.9 Å². The second kappa shape index (κ2) is 11.1. The molecule has 0 amide bonds. The van der Waals surface area contributed by atoms with Gasteiger partial charge in [0.1, 0.15) is 5.75 Å². The molecule has 0 aliphatic rings. The number of aromatic hydroxyl groups is 1. The summed E-state index contributed by atoms with van der Waals surface area (Å²) in [6, 6.07) is 23.3. The third kappa shape index (κ3) is 5.68. The Balaban J connectivity index is 1.21. The fourth-order valence-corrected chi connectivity index (χ4v) is 6.07. The first-order valence-corrected chi connectivity index (χ1v) is 14.1. The second-order valence-corrected chi connectivity index (χ2v) is 11.3. The molecule has 3 aromatic heterocycles. The number of hydrogen-bond donors (Lipinski definition) is 2. The average molecular weight is 583 g/mol. The van der Waals surface area contributed by atoms with Crippen molar-refractivity contribution >= 4 is 50.6 Å². The Hall–Kier alpha value is -4.60. The first-order chi connectivity index (χ1) is 19.8. The van der Waals surface area contributed by atoms with E-state index in [4.69, 9.17) is 16.6 Å². The summed E-state index contributed by atoms with van der Waals surface area (Å²) in [6.07, 6.45) is 2.45. The van der Waals surface area contributed by atoms with Gasteiger partial charge in [0, 0.05) is 29.6 Å². The SMILES string of the molecule is O=C(C[C@H](Cc1ccc(O)cc1)C(=O)O)c1cccn2c(-c3ccc(Cc4nc5ccc(Cl)cc5s4)cc3)nnc12. The molecule has 0 bridgehead atoms. The number of carboxylic acids is 1. The molecule has 0 fully saturated rings. The Bertz CT molecular complexity index is 1900. The van der Waals surface area contributed by atoms with E-state index in [2.05, 4.69) is 10.2 Å². The molecule has 0 spiro atoms. The number of carboxylic acid groups (broad SMARTS) is 1. The van der Waals surface area contributed by atoms with Crippen LogP contribution in [0, 0.1) is 5.92 Å². The number of carbonyl (C=O) groups is 2. The molecule has 0 aliphatic heterocycles. The molecule has 2 N–H and O–H groups in total. The van der Waals surface area contributed by atoms with Gasteiger partial charge in [-0.3, -0.25) is 14.0 Å². The van der Waals surface area contributed by atoms with Crippen molar-refractivity contribution < 1.29 is 19.8 Å². The fraction of sp³-hybridized carbons (Fsp3) is 0.129. The topological polar surface area (TPSA) is 118 Å². The van der Waals surface area contributed by atoms with Gasteiger partial charge in [-0.2, -0.15) is 0 Å². The number of phenols is 1. The number of carbonyl (C=O) groups excluding carboxylic acids is 1. The van der Waals surface area contributed by atoms with Gasteiger partial charge in [0.25, 0.3) is 0 Å². The van der Waals surface area contributed by atoms with E-state index in [0.29, 0.717) is 28.5 Å². The van der Waals surface area contributed by atoms with Gasteiger partial charge >= 0.3 is 5.97 Å².